The summed E-state index contributed by atoms with van der Waals surface area (Å²) in [6.07, 6.45) is 1.97. The number of fused-ring (bicyclic) bond motifs is 3. The highest BCUT2D eigenvalue weighted by Crippen LogP contribution is 2.45. The summed E-state index contributed by atoms with van der Waals surface area (Å²) in [7, 11) is 0. The summed E-state index contributed by atoms with van der Waals surface area (Å²) in [5.74, 6) is -0.211. The van der Waals surface area contributed by atoms with Crippen molar-refractivity contribution in [1.82, 2.24) is 19.5 Å². The van der Waals surface area contributed by atoms with Gasteiger partial charge in [0.05, 0.1) is 11.6 Å². The molecule has 2 atom stereocenters. The van der Waals surface area contributed by atoms with Crippen molar-refractivity contribution >= 4 is 11.0 Å². The van der Waals surface area contributed by atoms with Gasteiger partial charge in [-0.1, -0.05) is 18.2 Å². The van der Waals surface area contributed by atoms with E-state index in [1.165, 1.54) is 24.5 Å². The monoisotopic (exact) mass is 470 g/mol. The molecule has 2 N–H and O–H groups in total. The molecule has 2 unspecified atom stereocenters. The number of hydrogen-bond donors (Lipinski definition) is 2. The van der Waals surface area contributed by atoms with Gasteiger partial charge in [-0.25, -0.2) is 19.3 Å². The molecule has 0 spiro atoms. The molecule has 0 saturated heterocycles. The number of hydrogen-bond acceptors (Lipinski definition) is 6. The summed E-state index contributed by atoms with van der Waals surface area (Å²) in [5.41, 5.74) is 0.190. The third-order valence-electron chi connectivity index (χ3n) is 5.88. The van der Waals surface area contributed by atoms with E-state index in [1.54, 1.807) is 42.7 Å². The molecule has 0 aliphatic carbocycles. The number of halogens is 3. The van der Waals surface area contributed by atoms with Crippen molar-refractivity contribution in [1.29, 1.82) is 0 Å². The number of ether oxygens (including phenoxy) is 1. The molecule has 2 aromatic carbocycles. The second kappa shape index (κ2) is 8.07. The van der Waals surface area contributed by atoms with Crippen molar-refractivity contribution in [3.63, 3.8) is 0 Å². The van der Waals surface area contributed by atoms with Gasteiger partial charge in [0, 0.05) is 35.5 Å². The van der Waals surface area contributed by atoms with E-state index in [0.29, 0.717) is 16.6 Å². The average Bonchev–Trinajstić information content (AvgIpc) is 3.31. The van der Waals surface area contributed by atoms with E-state index in [2.05, 4.69) is 19.7 Å². The quantitative estimate of drug-likeness (QED) is 0.447. The second-order valence-corrected chi connectivity index (χ2v) is 8.67. The van der Waals surface area contributed by atoms with Crippen molar-refractivity contribution in [3.05, 3.63) is 71.8 Å². The van der Waals surface area contributed by atoms with Crippen LogP contribution in [0.15, 0.2) is 48.8 Å². The molecule has 1 aliphatic heterocycles. The van der Waals surface area contributed by atoms with Crippen molar-refractivity contribution < 1.29 is 28.1 Å². The summed E-state index contributed by atoms with van der Waals surface area (Å²) in [6.45, 7) is 0.0676. The van der Waals surface area contributed by atoms with Gasteiger partial charge in [-0.2, -0.15) is 8.78 Å². The van der Waals surface area contributed by atoms with E-state index in [0.717, 1.165) is 0 Å². The Hall–Kier alpha value is -3.50. The number of aliphatic hydroxyl groups excluding tert-OH is 1. The van der Waals surface area contributed by atoms with Gasteiger partial charge in [0.2, 0.25) is 0 Å². The van der Waals surface area contributed by atoms with Crippen LogP contribution < -0.4 is 4.74 Å². The third kappa shape index (κ3) is 3.68. The number of nitrogens with zero attached hydrogens (tertiary/aromatic N) is 4. The standard InChI is InChI=1S/C24H21F3N4O3/c1-24(2,33)22-28-10-12(11-29-22)13-7-8-15-20(19(13)25)31-16(9-17(32)21(31)30-15)14-5-3-4-6-18(14)34-23(26)27/h3-8,10-11,16-17,23,32-33H,9H2,1-2H3. The fraction of sp³-hybridized carbons (Fsp3) is 0.292. The van der Waals surface area contributed by atoms with Gasteiger partial charge in [-0.05, 0) is 32.0 Å². The lowest BCUT2D eigenvalue weighted by atomic mass is 10.0. The third-order valence-corrected chi connectivity index (χ3v) is 5.88. The van der Waals surface area contributed by atoms with Crippen LogP contribution >= 0.6 is 0 Å². The minimum atomic E-state index is -3.03. The number of rotatable bonds is 5. The highest BCUT2D eigenvalue weighted by Gasteiger charge is 2.37. The summed E-state index contributed by atoms with van der Waals surface area (Å²) in [6, 6.07) is 8.75. The molecule has 176 valence electrons. The zero-order valence-corrected chi connectivity index (χ0v) is 18.3. The Morgan fingerprint density at radius 3 is 2.50 bits per heavy atom. The van der Waals surface area contributed by atoms with Gasteiger partial charge in [-0.15, -0.1) is 0 Å². The van der Waals surface area contributed by atoms with Crippen LogP contribution in [-0.2, 0) is 5.60 Å². The molecule has 0 amide bonds. The topological polar surface area (TPSA) is 93.3 Å². The minimum Gasteiger partial charge on any atom is -0.434 e. The molecule has 4 aromatic rings. The van der Waals surface area contributed by atoms with Crippen LogP contribution in [0.3, 0.4) is 0 Å². The summed E-state index contributed by atoms with van der Waals surface area (Å²) >= 11 is 0. The summed E-state index contributed by atoms with van der Waals surface area (Å²) < 4.78 is 48.1. The molecule has 34 heavy (non-hydrogen) atoms. The van der Waals surface area contributed by atoms with Gasteiger partial charge in [0.25, 0.3) is 0 Å². The Morgan fingerprint density at radius 2 is 1.82 bits per heavy atom. The summed E-state index contributed by atoms with van der Waals surface area (Å²) in [5, 5.41) is 20.7. The first-order valence-electron chi connectivity index (χ1n) is 10.6. The maximum absolute atomic E-state index is 15.9. The predicted molar refractivity (Wildman–Crippen MR) is 117 cm³/mol. The van der Waals surface area contributed by atoms with Crippen molar-refractivity contribution in [2.45, 2.75) is 44.6 Å². The fourth-order valence-corrected chi connectivity index (χ4v) is 4.37. The molecule has 1 aliphatic rings. The first-order valence-corrected chi connectivity index (χ1v) is 10.6. The van der Waals surface area contributed by atoms with Gasteiger partial charge < -0.3 is 19.5 Å². The lowest BCUT2D eigenvalue weighted by Gasteiger charge is -2.19. The zero-order valence-electron chi connectivity index (χ0n) is 18.3. The molecule has 0 radical (unpaired) electrons. The van der Waals surface area contributed by atoms with E-state index >= 15 is 4.39 Å². The van der Waals surface area contributed by atoms with Gasteiger partial charge >= 0.3 is 6.61 Å². The number of benzene rings is 2. The molecule has 0 bridgehead atoms. The smallest absolute Gasteiger partial charge is 0.387 e. The van der Waals surface area contributed by atoms with Crippen LogP contribution in [0.25, 0.3) is 22.2 Å². The molecular formula is C24H21F3N4O3. The average molecular weight is 470 g/mol. The van der Waals surface area contributed by atoms with Gasteiger partial charge in [0.15, 0.2) is 11.6 Å². The highest BCUT2D eigenvalue weighted by atomic mass is 19.3. The van der Waals surface area contributed by atoms with Crippen LogP contribution in [-0.4, -0.2) is 36.3 Å². The number of aliphatic hydroxyl groups is 2. The second-order valence-electron chi connectivity index (χ2n) is 8.67. The fourth-order valence-electron chi connectivity index (χ4n) is 4.37. The minimum absolute atomic E-state index is 0.0448. The van der Waals surface area contributed by atoms with Crippen LogP contribution in [0.2, 0.25) is 0 Å². The molecule has 10 heteroatoms. The maximum atomic E-state index is 15.9. The van der Waals surface area contributed by atoms with Crippen LogP contribution in [0.4, 0.5) is 13.2 Å². The molecule has 2 aromatic heterocycles. The largest absolute Gasteiger partial charge is 0.434 e. The lowest BCUT2D eigenvalue weighted by Crippen LogP contribution is -2.19. The van der Waals surface area contributed by atoms with Crippen LogP contribution in [0.1, 0.15) is 49.6 Å². The normalized spacial score (nSPS) is 18.0. The molecular weight excluding hydrogens is 449 g/mol. The number of para-hydroxylation sites is 1. The zero-order chi connectivity index (χ0) is 24.2. The van der Waals surface area contributed by atoms with E-state index in [-0.39, 0.29) is 34.9 Å². The molecule has 3 heterocycles. The Bertz CT molecular complexity index is 1370. The van der Waals surface area contributed by atoms with Crippen molar-refractivity contribution in [3.8, 4) is 16.9 Å². The van der Waals surface area contributed by atoms with Gasteiger partial charge in [-0.3, -0.25) is 0 Å². The lowest BCUT2D eigenvalue weighted by molar-refractivity contribution is -0.0507. The highest BCUT2D eigenvalue weighted by molar-refractivity contribution is 5.84. The SMILES string of the molecule is CC(C)(O)c1ncc(-c2ccc3nc4n(c3c2F)C(c2ccccc2OC(F)F)CC4O)cn1. The predicted octanol–water partition coefficient (Wildman–Crippen LogP) is 4.49. The van der Waals surface area contributed by atoms with Crippen molar-refractivity contribution in [2.24, 2.45) is 0 Å². The molecule has 0 fully saturated rings. The van der Waals surface area contributed by atoms with Crippen molar-refractivity contribution in [2.75, 3.05) is 0 Å². The van der Waals surface area contributed by atoms with E-state index < -0.39 is 30.2 Å². The Kier molecular flexibility index (Phi) is 5.29. The summed E-state index contributed by atoms with van der Waals surface area (Å²) in [4.78, 5) is 12.7. The first kappa shape index (κ1) is 22.3. The van der Waals surface area contributed by atoms with E-state index in [9.17, 15) is 19.0 Å². The molecule has 5 rings (SSSR count). The maximum Gasteiger partial charge on any atom is 0.387 e. The number of alkyl halides is 2. The van der Waals surface area contributed by atoms with Crippen LogP contribution in [0.5, 0.6) is 5.75 Å². The van der Waals surface area contributed by atoms with E-state index in [4.69, 9.17) is 0 Å². The Morgan fingerprint density at radius 1 is 1.12 bits per heavy atom. The first-order chi connectivity index (χ1) is 16.1. The number of imidazole rings is 1. The Labute approximate surface area is 192 Å². The Balaban J connectivity index is 1.65. The van der Waals surface area contributed by atoms with E-state index in [1.807, 2.05) is 0 Å². The molecule has 0 saturated carbocycles. The van der Waals surface area contributed by atoms with Gasteiger partial charge in [0.1, 0.15) is 28.8 Å². The van der Waals surface area contributed by atoms with Crippen LogP contribution in [0, 0.1) is 5.82 Å². The number of aromatic nitrogens is 4. The molecule has 7 nitrogen and oxygen atoms in total.